The van der Waals surface area contributed by atoms with Crippen molar-refractivity contribution in [1.29, 1.82) is 0 Å². The number of fused-ring (bicyclic) bond motifs is 1. The van der Waals surface area contributed by atoms with Crippen LogP contribution in [0, 0.1) is 23.2 Å². The first-order chi connectivity index (χ1) is 14.6. The molecule has 2 aromatic heterocycles. The molecule has 0 spiro atoms. The standard InChI is InChI=1S/C24H23NO3S2/c26-21(24-10-14-7-15(11-24)9-16(8-14)12-24)13-28-23(27)20-6-5-19(29-20)22-25-17-3-1-2-4-18(17)30-22/h1-6,14-16H,7-13H2. The van der Waals surface area contributed by atoms with Crippen molar-refractivity contribution in [2.75, 3.05) is 6.61 Å². The summed E-state index contributed by atoms with van der Waals surface area (Å²) in [4.78, 5) is 31.8. The Morgan fingerprint density at radius 1 is 0.967 bits per heavy atom. The molecule has 2 heterocycles. The number of esters is 1. The van der Waals surface area contributed by atoms with E-state index in [-0.39, 0.29) is 17.8 Å². The lowest BCUT2D eigenvalue weighted by molar-refractivity contribution is -0.147. The number of para-hydroxylation sites is 1. The molecule has 1 aromatic carbocycles. The largest absolute Gasteiger partial charge is 0.453 e. The van der Waals surface area contributed by atoms with Gasteiger partial charge < -0.3 is 4.74 Å². The smallest absolute Gasteiger partial charge is 0.348 e. The van der Waals surface area contributed by atoms with E-state index in [4.69, 9.17) is 4.74 Å². The maximum absolute atomic E-state index is 13.1. The summed E-state index contributed by atoms with van der Waals surface area (Å²) in [5.41, 5.74) is 0.757. The molecule has 0 unspecified atom stereocenters. The Kier molecular flexibility index (Phi) is 4.36. The van der Waals surface area contributed by atoms with Gasteiger partial charge in [0.25, 0.3) is 0 Å². The lowest BCUT2D eigenvalue weighted by atomic mass is 9.48. The Hall–Kier alpha value is -2.05. The summed E-state index contributed by atoms with van der Waals surface area (Å²) in [7, 11) is 0. The van der Waals surface area contributed by atoms with Gasteiger partial charge in [-0.15, -0.1) is 22.7 Å². The van der Waals surface area contributed by atoms with Crippen LogP contribution in [0.1, 0.15) is 48.2 Å². The molecule has 0 saturated heterocycles. The summed E-state index contributed by atoms with van der Waals surface area (Å²) in [6.07, 6.45) is 6.94. The van der Waals surface area contributed by atoms with E-state index in [1.807, 2.05) is 24.3 Å². The number of nitrogens with zero attached hydrogens (tertiary/aromatic N) is 1. The summed E-state index contributed by atoms with van der Waals surface area (Å²) >= 11 is 3.00. The van der Waals surface area contributed by atoms with Gasteiger partial charge in [0, 0.05) is 5.41 Å². The molecule has 0 N–H and O–H groups in total. The lowest BCUT2D eigenvalue weighted by Crippen LogP contribution is -2.51. The van der Waals surface area contributed by atoms with Crippen LogP contribution in [0.4, 0.5) is 0 Å². The monoisotopic (exact) mass is 437 g/mol. The number of Topliss-reactive ketones (excluding diaryl/α,β-unsaturated/α-hetero) is 1. The van der Waals surface area contributed by atoms with Gasteiger partial charge in [0.2, 0.25) is 0 Å². The van der Waals surface area contributed by atoms with Gasteiger partial charge in [-0.3, -0.25) is 4.79 Å². The predicted octanol–water partition coefficient (Wildman–Crippen LogP) is 5.97. The van der Waals surface area contributed by atoms with E-state index in [1.54, 1.807) is 17.4 Å². The fourth-order valence-corrected chi connectivity index (χ4v) is 8.27. The van der Waals surface area contributed by atoms with Crippen molar-refractivity contribution in [3.8, 4) is 9.88 Å². The third-order valence-electron chi connectivity index (χ3n) is 7.28. The molecule has 4 aliphatic rings. The van der Waals surface area contributed by atoms with Crippen molar-refractivity contribution in [3.05, 3.63) is 41.3 Å². The number of ketones is 1. The van der Waals surface area contributed by atoms with Crippen LogP contribution >= 0.6 is 22.7 Å². The first-order valence-electron chi connectivity index (χ1n) is 10.7. The van der Waals surface area contributed by atoms with Crippen molar-refractivity contribution in [2.24, 2.45) is 23.2 Å². The second kappa shape index (κ2) is 6.99. The van der Waals surface area contributed by atoms with Crippen LogP contribution in [0.15, 0.2) is 36.4 Å². The van der Waals surface area contributed by atoms with Gasteiger partial charge in [0.1, 0.15) is 9.88 Å². The number of rotatable bonds is 5. The van der Waals surface area contributed by atoms with E-state index in [0.717, 1.165) is 39.4 Å². The van der Waals surface area contributed by atoms with Crippen molar-refractivity contribution < 1.29 is 14.3 Å². The van der Waals surface area contributed by atoms with Gasteiger partial charge in [0.15, 0.2) is 12.4 Å². The molecule has 7 rings (SSSR count). The zero-order chi connectivity index (χ0) is 20.3. The predicted molar refractivity (Wildman–Crippen MR) is 119 cm³/mol. The molecule has 4 nitrogen and oxygen atoms in total. The van der Waals surface area contributed by atoms with Crippen LogP contribution in [0.3, 0.4) is 0 Å². The summed E-state index contributed by atoms with van der Waals surface area (Å²) in [5, 5.41) is 0.907. The molecule has 4 fully saturated rings. The van der Waals surface area contributed by atoms with Crippen molar-refractivity contribution in [2.45, 2.75) is 38.5 Å². The number of thiophene rings is 1. The molecule has 4 saturated carbocycles. The van der Waals surface area contributed by atoms with Gasteiger partial charge in [-0.1, -0.05) is 12.1 Å². The van der Waals surface area contributed by atoms with Gasteiger partial charge >= 0.3 is 5.97 Å². The van der Waals surface area contributed by atoms with Crippen molar-refractivity contribution in [1.82, 2.24) is 4.98 Å². The molecule has 30 heavy (non-hydrogen) atoms. The number of ether oxygens (including phenoxy) is 1. The van der Waals surface area contributed by atoms with Crippen LogP contribution < -0.4 is 0 Å². The lowest BCUT2D eigenvalue weighted by Gasteiger charge is -2.55. The topological polar surface area (TPSA) is 56.3 Å². The highest BCUT2D eigenvalue weighted by atomic mass is 32.1. The molecular formula is C24H23NO3S2. The normalized spacial score (nSPS) is 29.4. The van der Waals surface area contributed by atoms with E-state index in [1.165, 1.54) is 30.6 Å². The Morgan fingerprint density at radius 3 is 2.37 bits per heavy atom. The maximum atomic E-state index is 13.1. The summed E-state index contributed by atoms with van der Waals surface area (Å²) in [6, 6.07) is 11.7. The van der Waals surface area contributed by atoms with Gasteiger partial charge in [-0.05, 0) is 80.5 Å². The molecule has 0 amide bonds. The van der Waals surface area contributed by atoms with Crippen LogP contribution in [-0.2, 0) is 9.53 Å². The average molecular weight is 438 g/mol. The number of aromatic nitrogens is 1. The number of carbonyl (C=O) groups is 2. The summed E-state index contributed by atoms with van der Waals surface area (Å²) in [6.45, 7) is -0.0840. The average Bonchev–Trinajstić information content (AvgIpc) is 3.37. The van der Waals surface area contributed by atoms with Gasteiger partial charge in [0.05, 0.1) is 15.1 Å². The molecule has 0 aliphatic heterocycles. The molecule has 4 bridgehead atoms. The van der Waals surface area contributed by atoms with Crippen LogP contribution in [0.5, 0.6) is 0 Å². The van der Waals surface area contributed by atoms with E-state index < -0.39 is 5.97 Å². The van der Waals surface area contributed by atoms with E-state index in [9.17, 15) is 9.59 Å². The minimum atomic E-state index is -0.398. The Bertz CT molecular complexity index is 1080. The van der Waals surface area contributed by atoms with E-state index in [2.05, 4.69) is 11.1 Å². The highest BCUT2D eigenvalue weighted by Crippen LogP contribution is 2.60. The van der Waals surface area contributed by atoms with Gasteiger partial charge in [-0.25, -0.2) is 9.78 Å². The third-order valence-corrected chi connectivity index (χ3v) is 9.55. The molecule has 6 heteroatoms. The highest BCUT2D eigenvalue weighted by Gasteiger charge is 2.54. The first kappa shape index (κ1) is 18.7. The molecule has 4 aliphatic carbocycles. The highest BCUT2D eigenvalue weighted by molar-refractivity contribution is 7.26. The molecule has 154 valence electrons. The molecule has 3 aromatic rings. The fraction of sp³-hybridized carbons (Fsp3) is 0.458. The quantitative estimate of drug-likeness (QED) is 0.462. The Morgan fingerprint density at radius 2 is 1.67 bits per heavy atom. The SMILES string of the molecule is O=C(OCC(=O)C12CC3CC(CC(C3)C1)C2)c1ccc(-c2nc3ccccc3s2)s1. The van der Waals surface area contributed by atoms with Crippen molar-refractivity contribution in [3.63, 3.8) is 0 Å². The Labute approximate surface area is 183 Å². The van der Waals surface area contributed by atoms with Crippen LogP contribution in [-0.4, -0.2) is 23.3 Å². The van der Waals surface area contributed by atoms with Crippen molar-refractivity contribution >= 4 is 44.6 Å². The van der Waals surface area contributed by atoms with Gasteiger partial charge in [-0.2, -0.15) is 0 Å². The minimum Gasteiger partial charge on any atom is -0.453 e. The zero-order valence-corrected chi connectivity index (χ0v) is 18.3. The second-order valence-electron chi connectivity index (χ2n) is 9.35. The third kappa shape index (κ3) is 3.12. The number of hydrogen-bond donors (Lipinski definition) is 0. The fourth-order valence-electron chi connectivity index (χ4n) is 6.35. The van der Waals surface area contributed by atoms with Crippen LogP contribution in [0.2, 0.25) is 0 Å². The van der Waals surface area contributed by atoms with E-state index in [0.29, 0.717) is 22.6 Å². The maximum Gasteiger partial charge on any atom is 0.348 e. The number of benzene rings is 1. The number of hydrogen-bond acceptors (Lipinski definition) is 6. The summed E-state index contributed by atoms with van der Waals surface area (Å²) < 4.78 is 6.62. The van der Waals surface area contributed by atoms with Crippen LogP contribution in [0.25, 0.3) is 20.1 Å². The first-order valence-corrected chi connectivity index (χ1v) is 12.4. The Balaban J connectivity index is 1.13. The number of thiazole rings is 1. The molecule has 0 atom stereocenters. The zero-order valence-electron chi connectivity index (χ0n) is 16.6. The van der Waals surface area contributed by atoms with E-state index >= 15 is 0 Å². The molecule has 0 radical (unpaired) electrons. The minimum absolute atomic E-state index is 0.0840. The summed E-state index contributed by atoms with van der Waals surface area (Å²) in [5.74, 6) is 1.89. The molecular weight excluding hydrogens is 414 g/mol. The number of carbonyl (C=O) groups excluding carboxylic acids is 2. The second-order valence-corrected chi connectivity index (χ2v) is 11.5.